The standard InChI is InChI=1S/C17H30N2S2/c1-14(2)9-11-18-12-10-16(19-15(3)20)13-21-17-7-5-4-6-8-17/h4-8,14-16,18-20H,9-13H2,1-3H3. The Balaban J connectivity index is 2.27. The van der Waals surface area contributed by atoms with Crippen molar-refractivity contribution < 1.29 is 0 Å². The van der Waals surface area contributed by atoms with Crippen molar-refractivity contribution >= 4 is 24.4 Å². The number of nitrogens with one attached hydrogen (secondary N) is 2. The average Bonchev–Trinajstić information content (AvgIpc) is 2.44. The molecule has 2 atom stereocenters. The number of thioether (sulfide) groups is 1. The Morgan fingerprint density at radius 1 is 1.05 bits per heavy atom. The zero-order valence-corrected chi connectivity index (χ0v) is 15.2. The molecule has 0 saturated carbocycles. The molecule has 0 aliphatic rings. The van der Waals surface area contributed by atoms with Gasteiger partial charge in [-0.1, -0.05) is 32.0 Å². The fourth-order valence-electron chi connectivity index (χ4n) is 2.06. The first-order chi connectivity index (χ1) is 10.1. The molecule has 1 aromatic carbocycles. The van der Waals surface area contributed by atoms with Crippen molar-refractivity contribution in [2.24, 2.45) is 5.92 Å². The Bertz CT molecular complexity index is 355. The van der Waals surface area contributed by atoms with Crippen molar-refractivity contribution in [1.82, 2.24) is 10.6 Å². The highest BCUT2D eigenvalue weighted by atomic mass is 32.2. The molecule has 2 N–H and O–H groups in total. The van der Waals surface area contributed by atoms with Gasteiger partial charge in [-0.15, -0.1) is 11.8 Å². The van der Waals surface area contributed by atoms with Crippen molar-refractivity contribution in [3.8, 4) is 0 Å². The fraction of sp³-hybridized carbons (Fsp3) is 0.647. The molecule has 0 aliphatic heterocycles. The van der Waals surface area contributed by atoms with Crippen molar-refractivity contribution in [2.45, 2.75) is 49.9 Å². The van der Waals surface area contributed by atoms with Gasteiger partial charge in [-0.05, 0) is 50.9 Å². The topological polar surface area (TPSA) is 24.1 Å². The molecule has 4 heteroatoms. The minimum absolute atomic E-state index is 0.238. The monoisotopic (exact) mass is 326 g/mol. The summed E-state index contributed by atoms with van der Waals surface area (Å²) in [5.41, 5.74) is 0. The summed E-state index contributed by atoms with van der Waals surface area (Å²) in [6.07, 6.45) is 2.39. The predicted molar refractivity (Wildman–Crippen MR) is 99.5 cm³/mol. The van der Waals surface area contributed by atoms with E-state index in [1.165, 1.54) is 11.3 Å². The maximum absolute atomic E-state index is 4.47. The third-order valence-electron chi connectivity index (χ3n) is 3.24. The molecular formula is C17H30N2S2. The van der Waals surface area contributed by atoms with E-state index >= 15 is 0 Å². The van der Waals surface area contributed by atoms with Gasteiger partial charge < -0.3 is 10.6 Å². The lowest BCUT2D eigenvalue weighted by Gasteiger charge is -2.21. The van der Waals surface area contributed by atoms with Gasteiger partial charge in [0.15, 0.2) is 0 Å². The summed E-state index contributed by atoms with van der Waals surface area (Å²) < 4.78 is 0. The lowest BCUT2D eigenvalue weighted by atomic mass is 10.1. The first-order valence-corrected chi connectivity index (χ1v) is 9.40. The fourth-order valence-corrected chi connectivity index (χ4v) is 3.28. The number of hydrogen-bond donors (Lipinski definition) is 3. The SMILES string of the molecule is CC(C)CCNCCC(CSc1ccccc1)NC(C)S. The van der Waals surface area contributed by atoms with Gasteiger partial charge in [0.2, 0.25) is 0 Å². The van der Waals surface area contributed by atoms with Gasteiger partial charge in [-0.2, -0.15) is 12.6 Å². The second kappa shape index (κ2) is 11.4. The highest BCUT2D eigenvalue weighted by Crippen LogP contribution is 2.19. The van der Waals surface area contributed by atoms with Crippen LogP contribution in [0.15, 0.2) is 35.2 Å². The average molecular weight is 327 g/mol. The Morgan fingerprint density at radius 2 is 1.71 bits per heavy atom. The summed E-state index contributed by atoms with van der Waals surface area (Å²) in [5, 5.41) is 7.34. The molecule has 2 unspecified atom stereocenters. The summed E-state index contributed by atoms with van der Waals surface area (Å²) in [7, 11) is 0. The molecule has 0 bridgehead atoms. The molecule has 2 nitrogen and oxygen atoms in total. The second-order valence-corrected chi connectivity index (χ2v) is 7.75. The Labute approximate surface area is 140 Å². The van der Waals surface area contributed by atoms with Crippen LogP contribution in [0, 0.1) is 5.92 Å². The maximum atomic E-state index is 4.47. The smallest absolute Gasteiger partial charge is 0.0476 e. The van der Waals surface area contributed by atoms with E-state index < -0.39 is 0 Å². The normalized spacial score (nSPS) is 14.3. The predicted octanol–water partition coefficient (Wildman–Crippen LogP) is 4.04. The van der Waals surface area contributed by atoms with Crippen LogP contribution in [0.1, 0.15) is 33.6 Å². The molecule has 120 valence electrons. The van der Waals surface area contributed by atoms with Crippen LogP contribution in [-0.4, -0.2) is 30.3 Å². The Morgan fingerprint density at radius 3 is 2.33 bits per heavy atom. The summed E-state index contributed by atoms with van der Waals surface area (Å²) in [6.45, 7) is 8.82. The van der Waals surface area contributed by atoms with E-state index in [9.17, 15) is 0 Å². The molecule has 21 heavy (non-hydrogen) atoms. The van der Waals surface area contributed by atoms with Crippen LogP contribution in [0.4, 0.5) is 0 Å². The van der Waals surface area contributed by atoms with Crippen LogP contribution in [0.3, 0.4) is 0 Å². The third kappa shape index (κ3) is 10.2. The molecule has 0 spiro atoms. The molecule has 0 heterocycles. The van der Waals surface area contributed by atoms with Gasteiger partial charge >= 0.3 is 0 Å². The van der Waals surface area contributed by atoms with E-state index in [0.717, 1.165) is 31.2 Å². The van der Waals surface area contributed by atoms with Crippen LogP contribution >= 0.6 is 24.4 Å². The van der Waals surface area contributed by atoms with E-state index in [4.69, 9.17) is 0 Å². The lowest BCUT2D eigenvalue weighted by molar-refractivity contribution is 0.479. The third-order valence-corrected chi connectivity index (χ3v) is 4.56. The van der Waals surface area contributed by atoms with Gasteiger partial charge in [0.05, 0.1) is 0 Å². The summed E-state index contributed by atoms with van der Waals surface area (Å²) >= 11 is 6.38. The first kappa shape index (κ1) is 18.9. The van der Waals surface area contributed by atoms with Gasteiger partial charge in [-0.25, -0.2) is 0 Å². The van der Waals surface area contributed by atoms with Gasteiger partial charge in [0, 0.05) is 22.1 Å². The molecule has 1 aromatic rings. The van der Waals surface area contributed by atoms with Crippen LogP contribution in [-0.2, 0) is 0 Å². The molecule has 1 rings (SSSR count). The summed E-state index contributed by atoms with van der Waals surface area (Å²) in [5.74, 6) is 1.86. The molecule has 0 saturated heterocycles. The number of benzene rings is 1. The zero-order valence-electron chi connectivity index (χ0n) is 13.5. The summed E-state index contributed by atoms with van der Waals surface area (Å²) in [4.78, 5) is 1.34. The Kier molecular flexibility index (Phi) is 10.3. The molecule has 0 amide bonds. The van der Waals surface area contributed by atoms with Crippen LogP contribution in [0.5, 0.6) is 0 Å². The largest absolute Gasteiger partial charge is 0.317 e. The molecular weight excluding hydrogens is 296 g/mol. The minimum Gasteiger partial charge on any atom is -0.317 e. The van der Waals surface area contributed by atoms with E-state index in [1.54, 1.807) is 0 Å². The number of rotatable bonds is 11. The highest BCUT2D eigenvalue weighted by Gasteiger charge is 2.10. The maximum Gasteiger partial charge on any atom is 0.0476 e. The first-order valence-electron chi connectivity index (χ1n) is 7.90. The lowest BCUT2D eigenvalue weighted by Crippen LogP contribution is -2.38. The highest BCUT2D eigenvalue weighted by molar-refractivity contribution is 7.99. The van der Waals surface area contributed by atoms with Crippen molar-refractivity contribution in [3.63, 3.8) is 0 Å². The molecule has 0 fully saturated rings. The van der Waals surface area contributed by atoms with Crippen molar-refractivity contribution in [1.29, 1.82) is 0 Å². The summed E-state index contributed by atoms with van der Waals surface area (Å²) in [6, 6.07) is 11.1. The van der Waals surface area contributed by atoms with E-state index in [2.05, 4.69) is 74.4 Å². The van der Waals surface area contributed by atoms with Crippen LogP contribution < -0.4 is 10.6 Å². The number of hydrogen-bond acceptors (Lipinski definition) is 4. The quantitative estimate of drug-likeness (QED) is 0.248. The molecule has 0 aromatic heterocycles. The van der Waals surface area contributed by atoms with E-state index in [0.29, 0.717) is 6.04 Å². The van der Waals surface area contributed by atoms with Crippen molar-refractivity contribution in [3.05, 3.63) is 30.3 Å². The Hall–Kier alpha value is -0.160. The van der Waals surface area contributed by atoms with Gasteiger partial charge in [0.1, 0.15) is 0 Å². The van der Waals surface area contributed by atoms with Gasteiger partial charge in [-0.3, -0.25) is 0 Å². The second-order valence-electron chi connectivity index (χ2n) is 5.88. The molecule has 0 aliphatic carbocycles. The molecule has 0 radical (unpaired) electrons. The number of thiol groups is 1. The minimum atomic E-state index is 0.238. The van der Waals surface area contributed by atoms with E-state index in [1.807, 2.05) is 11.8 Å². The van der Waals surface area contributed by atoms with Gasteiger partial charge in [0.25, 0.3) is 0 Å². The zero-order chi connectivity index (χ0) is 15.5. The van der Waals surface area contributed by atoms with Crippen molar-refractivity contribution in [2.75, 3.05) is 18.8 Å². The van der Waals surface area contributed by atoms with Crippen LogP contribution in [0.25, 0.3) is 0 Å². The van der Waals surface area contributed by atoms with Crippen LogP contribution in [0.2, 0.25) is 0 Å². The van der Waals surface area contributed by atoms with E-state index in [-0.39, 0.29) is 5.37 Å².